The predicted octanol–water partition coefficient (Wildman–Crippen LogP) is 6.14. The molecule has 0 radical (unpaired) electrons. The first-order valence-corrected chi connectivity index (χ1v) is 11.9. The average Bonchev–Trinajstić information content (AvgIpc) is 3.31. The lowest BCUT2D eigenvalue weighted by Gasteiger charge is -2.21. The van der Waals surface area contributed by atoms with Crippen LogP contribution in [0.3, 0.4) is 0 Å². The number of halogens is 1. The Labute approximate surface area is 210 Å². The Balaban J connectivity index is 1.62. The van der Waals surface area contributed by atoms with Crippen molar-refractivity contribution in [2.75, 3.05) is 13.6 Å². The van der Waals surface area contributed by atoms with E-state index >= 15 is 0 Å². The van der Waals surface area contributed by atoms with E-state index in [9.17, 15) is 4.79 Å². The van der Waals surface area contributed by atoms with Crippen LogP contribution in [0.1, 0.15) is 45.9 Å². The van der Waals surface area contributed by atoms with Gasteiger partial charge >= 0.3 is 0 Å². The second kappa shape index (κ2) is 11.2. The van der Waals surface area contributed by atoms with Crippen molar-refractivity contribution in [3.8, 4) is 0 Å². The summed E-state index contributed by atoms with van der Waals surface area (Å²) in [5.41, 5.74) is 11.1. The highest BCUT2D eigenvalue weighted by Crippen LogP contribution is 2.28. The molecule has 178 valence electrons. The summed E-state index contributed by atoms with van der Waals surface area (Å²) in [7, 11) is 1.71. The zero-order valence-corrected chi connectivity index (χ0v) is 20.6. The lowest BCUT2D eigenvalue weighted by Crippen LogP contribution is -2.31. The van der Waals surface area contributed by atoms with Gasteiger partial charge in [-0.2, -0.15) is 0 Å². The summed E-state index contributed by atoms with van der Waals surface area (Å²) in [5.74, 6) is 0.224. The Bertz CT molecular complexity index is 1360. The van der Waals surface area contributed by atoms with Gasteiger partial charge in [0.25, 0.3) is 0 Å². The molecule has 2 atom stereocenters. The van der Waals surface area contributed by atoms with Crippen molar-refractivity contribution < 1.29 is 4.79 Å². The molecule has 0 aliphatic carbocycles. The number of benzene rings is 3. The summed E-state index contributed by atoms with van der Waals surface area (Å²) >= 11 is 6.04. The minimum atomic E-state index is -0.476. The number of carbonyl (C=O) groups is 1. The first-order chi connectivity index (χ1) is 17.0. The Morgan fingerprint density at radius 1 is 1.09 bits per heavy atom. The molecular weight excluding hydrogens is 456 g/mol. The normalized spacial score (nSPS) is 13.9. The fraction of sp³-hybridized carbons (Fsp3) is 0.172. The number of nitrogens with zero attached hydrogens (tertiary/aromatic N) is 1. The molecule has 0 saturated carbocycles. The average molecular weight is 485 g/mol. The van der Waals surface area contributed by atoms with Crippen LogP contribution in [-0.2, 0) is 0 Å². The number of carbonyl (C=O) groups excluding carboxylic acids is 1. The van der Waals surface area contributed by atoms with E-state index in [2.05, 4.69) is 22.2 Å². The van der Waals surface area contributed by atoms with Crippen molar-refractivity contribution in [1.82, 2.24) is 10.3 Å². The second-order valence-corrected chi connectivity index (χ2v) is 8.98. The van der Waals surface area contributed by atoms with Crippen LogP contribution < -0.4 is 11.1 Å². The zero-order valence-electron chi connectivity index (χ0n) is 19.8. The number of hydrogen-bond acceptors (Lipinski definition) is 4. The van der Waals surface area contributed by atoms with Crippen LogP contribution in [0.25, 0.3) is 16.5 Å². The van der Waals surface area contributed by atoms with Crippen LogP contribution in [-0.4, -0.2) is 30.6 Å². The number of fused-ring (bicyclic) bond motifs is 1. The molecule has 0 amide bonds. The summed E-state index contributed by atoms with van der Waals surface area (Å²) in [5, 5.41) is 5.10. The molecular formula is C29H29ClN4O. The molecule has 4 N–H and O–H groups in total. The van der Waals surface area contributed by atoms with Gasteiger partial charge in [0.05, 0.1) is 6.04 Å². The van der Waals surface area contributed by atoms with E-state index in [-0.39, 0.29) is 11.7 Å². The van der Waals surface area contributed by atoms with E-state index in [1.165, 1.54) is 11.8 Å². The Morgan fingerprint density at radius 2 is 1.83 bits per heavy atom. The van der Waals surface area contributed by atoms with Gasteiger partial charge in [-0.25, -0.2) is 0 Å². The number of aromatic nitrogens is 1. The maximum absolute atomic E-state index is 13.8. The molecule has 3 aromatic carbocycles. The first-order valence-electron chi connectivity index (χ1n) is 11.6. The third-order valence-electron chi connectivity index (χ3n) is 6.19. The lowest BCUT2D eigenvalue weighted by molar-refractivity contribution is 0.0944. The highest BCUT2D eigenvalue weighted by atomic mass is 35.5. The van der Waals surface area contributed by atoms with Crippen LogP contribution in [0, 0.1) is 0 Å². The molecule has 0 spiro atoms. The Kier molecular flexibility index (Phi) is 7.80. The van der Waals surface area contributed by atoms with E-state index < -0.39 is 6.04 Å². The molecule has 6 heteroatoms. The first kappa shape index (κ1) is 24.5. The van der Waals surface area contributed by atoms with Crippen LogP contribution >= 0.6 is 11.6 Å². The van der Waals surface area contributed by atoms with Gasteiger partial charge in [-0.15, -0.1) is 0 Å². The molecule has 0 aliphatic heterocycles. The second-order valence-electron chi connectivity index (χ2n) is 8.54. The van der Waals surface area contributed by atoms with Gasteiger partial charge in [0.15, 0.2) is 5.78 Å². The van der Waals surface area contributed by atoms with Crippen molar-refractivity contribution >= 4 is 40.1 Å². The monoisotopic (exact) mass is 484 g/mol. The maximum Gasteiger partial charge on any atom is 0.186 e. The van der Waals surface area contributed by atoms with Crippen molar-refractivity contribution in [1.29, 1.82) is 0 Å². The number of aromatic amines is 1. The van der Waals surface area contributed by atoms with Crippen LogP contribution in [0.2, 0.25) is 5.02 Å². The molecule has 5 nitrogen and oxygen atoms in total. The van der Waals surface area contributed by atoms with Gasteiger partial charge in [-0.05, 0) is 40.8 Å². The third-order valence-corrected chi connectivity index (χ3v) is 6.44. The van der Waals surface area contributed by atoms with E-state index in [0.29, 0.717) is 17.1 Å². The fourth-order valence-electron chi connectivity index (χ4n) is 4.23. The molecule has 1 heterocycles. The number of Topliss-reactive ketones (excluding diaryl/α,β-unsaturated/α-hetero) is 1. The fourth-order valence-corrected chi connectivity index (χ4v) is 4.36. The number of ketones is 1. The quantitative estimate of drug-likeness (QED) is 0.197. The van der Waals surface area contributed by atoms with Crippen molar-refractivity contribution in [2.45, 2.75) is 18.9 Å². The number of rotatable bonds is 9. The smallest absolute Gasteiger partial charge is 0.186 e. The molecule has 4 aromatic rings. The van der Waals surface area contributed by atoms with E-state index in [1.807, 2.05) is 72.8 Å². The molecule has 4 rings (SSSR count). The molecule has 0 aliphatic rings. The van der Waals surface area contributed by atoms with Crippen LogP contribution in [0.15, 0.2) is 90.2 Å². The number of nitrogens with one attached hydrogen (secondary N) is 2. The molecule has 35 heavy (non-hydrogen) atoms. The van der Waals surface area contributed by atoms with E-state index in [1.54, 1.807) is 19.5 Å². The van der Waals surface area contributed by atoms with Crippen LogP contribution in [0.4, 0.5) is 0 Å². The van der Waals surface area contributed by atoms with E-state index in [0.717, 1.165) is 27.6 Å². The minimum absolute atomic E-state index is 0.0169. The topological polar surface area (TPSA) is 83.3 Å². The summed E-state index contributed by atoms with van der Waals surface area (Å²) in [6.45, 7) is 2.78. The summed E-state index contributed by atoms with van der Waals surface area (Å²) < 4.78 is 0. The van der Waals surface area contributed by atoms with Crippen molar-refractivity contribution in [3.63, 3.8) is 0 Å². The highest BCUT2D eigenvalue weighted by Gasteiger charge is 2.25. The molecule has 0 bridgehead atoms. The van der Waals surface area contributed by atoms with Gasteiger partial charge in [0, 0.05) is 59.3 Å². The Morgan fingerprint density at radius 3 is 2.51 bits per heavy atom. The summed E-state index contributed by atoms with van der Waals surface area (Å²) in [6.07, 6.45) is 5.03. The minimum Gasteiger partial charge on any atom is -0.404 e. The van der Waals surface area contributed by atoms with E-state index in [4.69, 9.17) is 17.3 Å². The van der Waals surface area contributed by atoms with Crippen molar-refractivity contribution in [2.24, 2.45) is 10.7 Å². The third kappa shape index (κ3) is 5.53. The SMILES string of the molecule is CN=CC(=CN)c1ccc2c(C(=O)C(NCC(C)c3ccc(Cl)cc3)c3ccccc3)c[nH]c2c1. The van der Waals surface area contributed by atoms with Gasteiger partial charge in [0.1, 0.15) is 0 Å². The van der Waals surface area contributed by atoms with Crippen molar-refractivity contribution in [3.05, 3.63) is 112 Å². The standard InChI is InChI=1S/C29H29ClN4O/c1-19(20-8-11-24(30)12-9-20)16-34-28(21-6-4-3-5-7-21)29(35)26-18-33-27-14-22(10-13-25(26)27)23(15-31)17-32-2/h3-15,17-19,28,33-34H,16,31H2,1-2H3. The maximum atomic E-state index is 13.8. The molecule has 0 fully saturated rings. The van der Waals surface area contributed by atoms with Gasteiger partial charge in [-0.3, -0.25) is 9.79 Å². The van der Waals surface area contributed by atoms with Gasteiger partial charge < -0.3 is 16.0 Å². The molecule has 2 unspecified atom stereocenters. The number of aliphatic imine (C=N–C) groups is 1. The number of hydrogen-bond donors (Lipinski definition) is 3. The molecule has 1 aromatic heterocycles. The van der Waals surface area contributed by atoms with Gasteiger partial charge in [0.2, 0.25) is 0 Å². The predicted molar refractivity (Wildman–Crippen MR) is 146 cm³/mol. The summed E-state index contributed by atoms with van der Waals surface area (Å²) in [4.78, 5) is 21.2. The highest BCUT2D eigenvalue weighted by molar-refractivity contribution is 6.30. The van der Waals surface area contributed by atoms with Crippen LogP contribution in [0.5, 0.6) is 0 Å². The lowest BCUT2D eigenvalue weighted by atomic mass is 9.95. The zero-order chi connectivity index (χ0) is 24.8. The largest absolute Gasteiger partial charge is 0.404 e. The van der Waals surface area contributed by atoms with Gasteiger partial charge in [-0.1, -0.05) is 73.1 Å². The number of nitrogens with two attached hydrogens (primary N) is 1. The Hall–Kier alpha value is -3.67. The molecule has 0 saturated heterocycles. The summed E-state index contributed by atoms with van der Waals surface area (Å²) in [6, 6.07) is 23.1. The number of H-pyrrole nitrogens is 1. The number of allylic oxidation sites excluding steroid dienone is 1.